The Morgan fingerprint density at radius 1 is 1.28 bits per heavy atom. The fraction of sp³-hybridized carbons (Fsp3) is 0.444. The summed E-state index contributed by atoms with van der Waals surface area (Å²) in [5.74, 6) is -3.42. The zero-order chi connectivity index (χ0) is 17.6. The number of carbonyl (C=O) groups is 1. The van der Waals surface area contributed by atoms with Gasteiger partial charge in [-0.25, -0.2) is 13.8 Å². The van der Waals surface area contributed by atoms with Gasteiger partial charge in [0.05, 0.1) is 36.7 Å². The van der Waals surface area contributed by atoms with E-state index in [0.717, 1.165) is 17.0 Å². The predicted molar refractivity (Wildman–Crippen MR) is 88.0 cm³/mol. The zero-order valence-corrected chi connectivity index (χ0v) is 14.0. The van der Waals surface area contributed by atoms with E-state index in [1.807, 2.05) is 41.9 Å². The van der Waals surface area contributed by atoms with Crippen molar-refractivity contribution in [1.82, 2.24) is 19.4 Å². The zero-order valence-electron chi connectivity index (χ0n) is 14.0. The van der Waals surface area contributed by atoms with Crippen molar-refractivity contribution in [2.24, 2.45) is 7.05 Å². The van der Waals surface area contributed by atoms with Crippen LogP contribution < -0.4 is 0 Å². The summed E-state index contributed by atoms with van der Waals surface area (Å²) >= 11 is 0. The van der Waals surface area contributed by atoms with Gasteiger partial charge in [-0.2, -0.15) is 0 Å². The van der Waals surface area contributed by atoms with Crippen LogP contribution >= 0.6 is 0 Å². The molecule has 1 saturated heterocycles. The van der Waals surface area contributed by atoms with Crippen LogP contribution in [0.2, 0.25) is 0 Å². The predicted octanol–water partition coefficient (Wildman–Crippen LogP) is 2.00. The molecule has 0 radical (unpaired) electrons. The van der Waals surface area contributed by atoms with Crippen LogP contribution in [-0.4, -0.2) is 50.8 Å². The highest BCUT2D eigenvalue weighted by Gasteiger charge is 2.49. The number of imidazole rings is 1. The molecule has 1 aromatic carbocycles. The van der Waals surface area contributed by atoms with Crippen LogP contribution in [-0.2, 0) is 24.9 Å². The lowest BCUT2D eigenvalue weighted by Crippen LogP contribution is -2.60. The van der Waals surface area contributed by atoms with Crippen molar-refractivity contribution >= 4 is 5.91 Å². The highest BCUT2D eigenvalue weighted by molar-refractivity contribution is 5.85. The van der Waals surface area contributed by atoms with Gasteiger partial charge in [0.25, 0.3) is 5.92 Å². The van der Waals surface area contributed by atoms with Crippen molar-refractivity contribution in [1.29, 1.82) is 0 Å². The summed E-state index contributed by atoms with van der Waals surface area (Å²) in [4.78, 5) is 20.6. The van der Waals surface area contributed by atoms with Gasteiger partial charge in [0, 0.05) is 26.7 Å². The van der Waals surface area contributed by atoms with E-state index in [2.05, 4.69) is 9.88 Å². The molecular formula is C18H20F2N4O. The molecule has 5 nitrogen and oxygen atoms in total. The average Bonchev–Trinajstić information content (AvgIpc) is 2.93. The maximum Gasteiger partial charge on any atom is 0.282 e. The van der Waals surface area contributed by atoms with Gasteiger partial charge >= 0.3 is 0 Å². The summed E-state index contributed by atoms with van der Waals surface area (Å²) in [6.07, 6.45) is 1.70. The third-order valence-corrected chi connectivity index (χ3v) is 4.91. The minimum Gasteiger partial charge on any atom is -0.337 e. The number of hydrogen-bond donors (Lipinski definition) is 0. The molecule has 0 saturated carbocycles. The minimum atomic E-state index is -2.75. The molecular weight excluding hydrogens is 326 g/mol. The number of likely N-dealkylation sites (tertiary alicyclic amines) is 1. The number of nitrogens with zero attached hydrogens (tertiary/aromatic N) is 4. The molecule has 2 aliphatic rings. The quantitative estimate of drug-likeness (QED) is 0.854. The first-order chi connectivity index (χ1) is 11.9. The SMILES string of the molecule is Cn1cnc2c1C(C(=O)N1CC(F)(F)C1)CN(Cc1ccccc1)C2. The lowest BCUT2D eigenvalue weighted by atomic mass is 9.94. The minimum absolute atomic E-state index is 0.228. The van der Waals surface area contributed by atoms with E-state index in [9.17, 15) is 13.6 Å². The number of hydrogen-bond acceptors (Lipinski definition) is 3. The molecule has 1 aromatic heterocycles. The van der Waals surface area contributed by atoms with Gasteiger partial charge in [-0.1, -0.05) is 30.3 Å². The molecule has 1 unspecified atom stereocenters. The molecule has 7 heteroatoms. The standard InChI is InChI=1S/C18H20F2N4O/c1-22-12-21-15-9-23(7-13-5-3-2-4-6-13)8-14(16(15)22)17(25)24-10-18(19,20)11-24/h2-6,12,14H,7-11H2,1H3. The van der Waals surface area contributed by atoms with Gasteiger partial charge in [-0.3, -0.25) is 9.69 Å². The van der Waals surface area contributed by atoms with Crippen molar-refractivity contribution in [3.05, 3.63) is 53.6 Å². The number of carbonyl (C=O) groups excluding carboxylic acids is 1. The fourth-order valence-electron chi connectivity index (χ4n) is 3.72. The van der Waals surface area contributed by atoms with Crippen LogP contribution in [0.15, 0.2) is 36.7 Å². The van der Waals surface area contributed by atoms with E-state index in [1.165, 1.54) is 4.90 Å². The number of aryl methyl sites for hydroxylation is 1. The Hall–Kier alpha value is -2.28. The number of amides is 1. The van der Waals surface area contributed by atoms with Crippen LogP contribution in [0.1, 0.15) is 22.9 Å². The first-order valence-corrected chi connectivity index (χ1v) is 8.36. The smallest absolute Gasteiger partial charge is 0.282 e. The molecule has 4 rings (SSSR count). The number of aromatic nitrogens is 2. The molecule has 1 amide bonds. The van der Waals surface area contributed by atoms with E-state index < -0.39 is 24.9 Å². The van der Waals surface area contributed by atoms with Gasteiger partial charge in [0.2, 0.25) is 5.91 Å². The number of rotatable bonds is 3. The molecule has 0 N–H and O–H groups in total. The Labute approximate surface area is 144 Å². The van der Waals surface area contributed by atoms with E-state index >= 15 is 0 Å². The molecule has 132 valence electrons. The Balaban J connectivity index is 1.56. The largest absolute Gasteiger partial charge is 0.337 e. The molecule has 0 spiro atoms. The van der Waals surface area contributed by atoms with Crippen molar-refractivity contribution in [3.8, 4) is 0 Å². The van der Waals surface area contributed by atoms with Crippen LogP contribution in [0.5, 0.6) is 0 Å². The summed E-state index contributed by atoms with van der Waals surface area (Å²) in [5.41, 5.74) is 2.86. The van der Waals surface area contributed by atoms with Crippen molar-refractivity contribution in [2.75, 3.05) is 19.6 Å². The van der Waals surface area contributed by atoms with Gasteiger partial charge < -0.3 is 9.47 Å². The summed E-state index contributed by atoms with van der Waals surface area (Å²) in [7, 11) is 1.85. The Morgan fingerprint density at radius 3 is 2.68 bits per heavy atom. The number of fused-ring (bicyclic) bond motifs is 1. The maximum atomic E-state index is 13.2. The van der Waals surface area contributed by atoms with Gasteiger partial charge in [-0.05, 0) is 5.56 Å². The highest BCUT2D eigenvalue weighted by atomic mass is 19.3. The number of benzene rings is 1. The monoisotopic (exact) mass is 346 g/mol. The van der Waals surface area contributed by atoms with E-state index in [4.69, 9.17) is 0 Å². The highest BCUT2D eigenvalue weighted by Crippen LogP contribution is 2.34. The second kappa shape index (κ2) is 5.91. The van der Waals surface area contributed by atoms with Crippen LogP contribution in [0.3, 0.4) is 0 Å². The van der Waals surface area contributed by atoms with Crippen LogP contribution in [0.4, 0.5) is 8.78 Å². The Morgan fingerprint density at radius 2 is 2.00 bits per heavy atom. The van der Waals surface area contributed by atoms with Gasteiger partial charge in [0.1, 0.15) is 0 Å². The van der Waals surface area contributed by atoms with Crippen LogP contribution in [0.25, 0.3) is 0 Å². The average molecular weight is 346 g/mol. The summed E-state index contributed by atoms with van der Waals surface area (Å²) in [5, 5.41) is 0. The number of alkyl halides is 2. The molecule has 0 aliphatic carbocycles. The summed E-state index contributed by atoms with van der Waals surface area (Å²) in [6.45, 7) is 0.923. The third-order valence-electron chi connectivity index (χ3n) is 4.91. The summed E-state index contributed by atoms with van der Waals surface area (Å²) in [6, 6.07) is 10.0. The Bertz CT molecular complexity index is 782. The lowest BCUT2D eigenvalue weighted by Gasteiger charge is -2.42. The lowest BCUT2D eigenvalue weighted by molar-refractivity contribution is -0.168. The van der Waals surface area contributed by atoms with Crippen molar-refractivity contribution in [2.45, 2.75) is 24.9 Å². The fourth-order valence-corrected chi connectivity index (χ4v) is 3.72. The third kappa shape index (κ3) is 3.04. The van der Waals surface area contributed by atoms with E-state index in [1.54, 1.807) is 6.33 Å². The first-order valence-electron chi connectivity index (χ1n) is 8.36. The molecule has 1 fully saturated rings. The van der Waals surface area contributed by atoms with Crippen molar-refractivity contribution < 1.29 is 13.6 Å². The summed E-state index contributed by atoms with van der Waals surface area (Å²) < 4.78 is 28.2. The van der Waals surface area contributed by atoms with Crippen molar-refractivity contribution in [3.63, 3.8) is 0 Å². The van der Waals surface area contributed by atoms with Crippen LogP contribution in [0, 0.1) is 0 Å². The molecule has 2 aliphatic heterocycles. The molecule has 25 heavy (non-hydrogen) atoms. The molecule has 1 atom stereocenters. The topological polar surface area (TPSA) is 41.4 Å². The second-order valence-corrected chi connectivity index (χ2v) is 6.95. The molecule has 3 heterocycles. The molecule has 0 bridgehead atoms. The van der Waals surface area contributed by atoms with Gasteiger partial charge in [0.15, 0.2) is 0 Å². The second-order valence-electron chi connectivity index (χ2n) is 6.95. The maximum absolute atomic E-state index is 13.2. The van der Waals surface area contributed by atoms with E-state index in [0.29, 0.717) is 19.6 Å². The van der Waals surface area contributed by atoms with E-state index in [-0.39, 0.29) is 5.91 Å². The normalized spacial score (nSPS) is 22.4. The first kappa shape index (κ1) is 16.2. The molecule has 2 aromatic rings. The number of halogens is 2. The van der Waals surface area contributed by atoms with Gasteiger partial charge in [-0.15, -0.1) is 0 Å². The Kier molecular flexibility index (Phi) is 3.83.